The van der Waals surface area contributed by atoms with E-state index < -0.39 is 11.5 Å². The highest BCUT2D eigenvalue weighted by Crippen LogP contribution is 2.23. The molecule has 2 amide bonds. The number of aromatic nitrogens is 2. The van der Waals surface area contributed by atoms with E-state index in [0.29, 0.717) is 23.6 Å². The summed E-state index contributed by atoms with van der Waals surface area (Å²) in [5.74, 6) is -0.400. The molecule has 7 nitrogen and oxygen atoms in total. The van der Waals surface area contributed by atoms with Gasteiger partial charge in [0.05, 0.1) is 0 Å². The fourth-order valence-electron chi connectivity index (χ4n) is 2.82. The van der Waals surface area contributed by atoms with Crippen LogP contribution in [-0.4, -0.2) is 27.7 Å². The third kappa shape index (κ3) is 2.80. The Morgan fingerprint density at radius 2 is 2.00 bits per heavy atom. The molecule has 1 aliphatic rings. The van der Waals surface area contributed by atoms with Gasteiger partial charge in [-0.1, -0.05) is 0 Å². The quantitative estimate of drug-likeness (QED) is 0.781. The second kappa shape index (κ2) is 6.14. The summed E-state index contributed by atoms with van der Waals surface area (Å²) < 4.78 is 1.35. The van der Waals surface area contributed by atoms with Crippen LogP contribution < -0.4 is 15.8 Å². The van der Waals surface area contributed by atoms with E-state index in [-0.39, 0.29) is 11.5 Å². The Kier molecular flexibility index (Phi) is 3.81. The summed E-state index contributed by atoms with van der Waals surface area (Å²) in [4.78, 5) is 42.8. The summed E-state index contributed by atoms with van der Waals surface area (Å²) in [5, 5.41) is 4.43. The molecule has 3 aromatic rings. The van der Waals surface area contributed by atoms with Gasteiger partial charge < -0.3 is 10.2 Å². The molecule has 0 saturated carbocycles. The molecule has 0 aliphatic carbocycles. The molecule has 1 aromatic carbocycles. The van der Waals surface area contributed by atoms with E-state index in [0.717, 1.165) is 12.1 Å². The molecule has 0 radical (unpaired) electrons. The molecule has 0 spiro atoms. The Morgan fingerprint density at radius 3 is 2.72 bits per heavy atom. The van der Waals surface area contributed by atoms with Crippen molar-refractivity contribution in [3.8, 4) is 0 Å². The van der Waals surface area contributed by atoms with Crippen LogP contribution in [0, 0.1) is 0 Å². The van der Waals surface area contributed by atoms with Crippen molar-refractivity contribution in [1.82, 2.24) is 9.38 Å². The van der Waals surface area contributed by atoms with Gasteiger partial charge in [-0.15, -0.1) is 11.3 Å². The Morgan fingerprint density at radius 1 is 1.20 bits per heavy atom. The molecule has 0 atom stereocenters. The van der Waals surface area contributed by atoms with Crippen molar-refractivity contribution in [2.75, 3.05) is 16.8 Å². The average Bonchev–Trinajstić information content (AvgIpc) is 3.25. The van der Waals surface area contributed by atoms with Crippen LogP contribution >= 0.6 is 11.3 Å². The SMILES string of the molecule is O=C(Nc1ccc(N2CCCC2=O)cc1)c1cnc2sccn2c1=O. The molecule has 1 aliphatic heterocycles. The van der Waals surface area contributed by atoms with Gasteiger partial charge in [-0.3, -0.25) is 18.8 Å². The zero-order chi connectivity index (χ0) is 17.4. The smallest absolute Gasteiger partial charge is 0.271 e. The number of nitrogens with one attached hydrogen (secondary N) is 1. The highest BCUT2D eigenvalue weighted by atomic mass is 32.1. The van der Waals surface area contributed by atoms with Crippen molar-refractivity contribution >= 4 is 39.5 Å². The fourth-order valence-corrected chi connectivity index (χ4v) is 3.50. The van der Waals surface area contributed by atoms with Crippen LogP contribution in [0.25, 0.3) is 4.96 Å². The summed E-state index contributed by atoms with van der Waals surface area (Å²) in [6.07, 6.45) is 4.31. The maximum Gasteiger partial charge on any atom is 0.271 e. The Hall–Kier alpha value is -3.00. The number of rotatable bonds is 3. The van der Waals surface area contributed by atoms with E-state index in [1.54, 1.807) is 40.7 Å². The van der Waals surface area contributed by atoms with Crippen LogP contribution in [0.15, 0.2) is 46.8 Å². The highest BCUT2D eigenvalue weighted by molar-refractivity contribution is 7.15. The third-order valence-corrected chi connectivity index (χ3v) is 4.87. The van der Waals surface area contributed by atoms with Gasteiger partial charge in [0, 0.05) is 42.1 Å². The first-order valence-electron chi connectivity index (χ1n) is 7.80. The number of benzene rings is 1. The standard InChI is InChI=1S/C17H14N4O3S/c22-14-2-1-7-20(14)12-5-3-11(4-6-12)19-15(23)13-10-18-17-21(16(13)24)8-9-25-17/h3-6,8-10H,1-2,7H2,(H,19,23). The van der Waals surface area contributed by atoms with Crippen molar-refractivity contribution in [2.24, 2.45) is 0 Å². The van der Waals surface area contributed by atoms with Crippen molar-refractivity contribution in [3.63, 3.8) is 0 Å². The number of carbonyl (C=O) groups excluding carboxylic acids is 2. The van der Waals surface area contributed by atoms with Crippen molar-refractivity contribution in [1.29, 1.82) is 0 Å². The second-order valence-corrected chi connectivity index (χ2v) is 6.56. The van der Waals surface area contributed by atoms with Crippen LogP contribution in [0.1, 0.15) is 23.2 Å². The predicted octanol–water partition coefficient (Wildman–Crippen LogP) is 2.14. The van der Waals surface area contributed by atoms with Crippen LogP contribution in [0.2, 0.25) is 0 Å². The average molecular weight is 354 g/mol. The largest absolute Gasteiger partial charge is 0.322 e. The first kappa shape index (κ1) is 15.5. The molecular formula is C17H14N4O3S. The molecule has 126 valence electrons. The molecule has 0 bridgehead atoms. The van der Waals surface area contributed by atoms with Gasteiger partial charge in [0.2, 0.25) is 5.91 Å². The van der Waals surface area contributed by atoms with Gasteiger partial charge in [-0.25, -0.2) is 4.98 Å². The number of fused-ring (bicyclic) bond motifs is 1. The van der Waals surface area contributed by atoms with E-state index >= 15 is 0 Å². The van der Waals surface area contributed by atoms with Crippen molar-refractivity contribution in [3.05, 3.63) is 58.0 Å². The Balaban J connectivity index is 1.55. The number of hydrogen-bond donors (Lipinski definition) is 1. The molecule has 0 unspecified atom stereocenters. The number of hydrogen-bond acceptors (Lipinski definition) is 5. The zero-order valence-corrected chi connectivity index (χ0v) is 14.0. The molecule has 4 rings (SSSR count). The summed E-state index contributed by atoms with van der Waals surface area (Å²) in [5.41, 5.74) is 0.940. The van der Waals surface area contributed by atoms with Gasteiger partial charge in [0.1, 0.15) is 5.56 Å². The Labute approximate surface area is 146 Å². The molecule has 1 fully saturated rings. The van der Waals surface area contributed by atoms with Gasteiger partial charge in [-0.2, -0.15) is 0 Å². The zero-order valence-electron chi connectivity index (χ0n) is 13.1. The van der Waals surface area contributed by atoms with Gasteiger partial charge in [0.15, 0.2) is 4.96 Å². The lowest BCUT2D eigenvalue weighted by molar-refractivity contribution is -0.117. The minimum absolute atomic E-state index is 0.0188. The molecule has 2 aromatic heterocycles. The molecule has 8 heteroatoms. The van der Waals surface area contributed by atoms with Crippen molar-refractivity contribution in [2.45, 2.75) is 12.8 Å². The summed E-state index contributed by atoms with van der Waals surface area (Å²) in [7, 11) is 0. The number of anilines is 2. The van der Waals surface area contributed by atoms with E-state index in [2.05, 4.69) is 10.3 Å². The van der Waals surface area contributed by atoms with E-state index in [1.165, 1.54) is 21.9 Å². The summed E-state index contributed by atoms with van der Waals surface area (Å²) in [6, 6.07) is 7.00. The maximum absolute atomic E-state index is 12.4. The van der Waals surface area contributed by atoms with E-state index in [4.69, 9.17) is 0 Å². The van der Waals surface area contributed by atoms with Crippen LogP contribution in [0.3, 0.4) is 0 Å². The van der Waals surface area contributed by atoms with Crippen LogP contribution in [0.5, 0.6) is 0 Å². The highest BCUT2D eigenvalue weighted by Gasteiger charge is 2.21. The number of amides is 2. The Bertz CT molecular complexity index is 1020. The minimum atomic E-state index is -0.511. The molecule has 1 N–H and O–H groups in total. The monoisotopic (exact) mass is 354 g/mol. The predicted molar refractivity (Wildman–Crippen MR) is 95.3 cm³/mol. The first-order valence-corrected chi connectivity index (χ1v) is 8.68. The van der Waals surface area contributed by atoms with Crippen LogP contribution in [-0.2, 0) is 4.79 Å². The molecule has 1 saturated heterocycles. The van der Waals surface area contributed by atoms with Gasteiger partial charge in [0.25, 0.3) is 11.5 Å². The first-order chi connectivity index (χ1) is 12.1. The summed E-state index contributed by atoms with van der Waals surface area (Å²) in [6.45, 7) is 0.716. The maximum atomic E-state index is 12.4. The van der Waals surface area contributed by atoms with Gasteiger partial charge >= 0.3 is 0 Å². The lowest BCUT2D eigenvalue weighted by atomic mass is 10.2. The van der Waals surface area contributed by atoms with Gasteiger partial charge in [-0.05, 0) is 30.7 Å². The number of thiazole rings is 1. The topological polar surface area (TPSA) is 83.8 Å². The number of nitrogens with zero attached hydrogens (tertiary/aromatic N) is 3. The van der Waals surface area contributed by atoms with Crippen LogP contribution in [0.4, 0.5) is 11.4 Å². The number of carbonyl (C=O) groups is 2. The molecule has 25 heavy (non-hydrogen) atoms. The lowest BCUT2D eigenvalue weighted by Crippen LogP contribution is -2.26. The van der Waals surface area contributed by atoms with E-state index in [1.807, 2.05) is 0 Å². The lowest BCUT2D eigenvalue weighted by Gasteiger charge is -2.16. The molecule has 3 heterocycles. The van der Waals surface area contributed by atoms with E-state index in [9.17, 15) is 14.4 Å². The van der Waals surface area contributed by atoms with Crippen molar-refractivity contribution < 1.29 is 9.59 Å². The third-order valence-electron chi connectivity index (χ3n) is 4.10. The summed E-state index contributed by atoms with van der Waals surface area (Å²) >= 11 is 1.33. The minimum Gasteiger partial charge on any atom is -0.322 e. The second-order valence-electron chi connectivity index (χ2n) is 5.68. The fraction of sp³-hybridized carbons (Fsp3) is 0.176. The normalized spacial score (nSPS) is 14.2. The molecular weight excluding hydrogens is 340 g/mol.